The van der Waals surface area contributed by atoms with Gasteiger partial charge in [-0.2, -0.15) is 0 Å². The molecule has 0 rings (SSSR count). The molecule has 1 unspecified atom stereocenters. The van der Waals surface area contributed by atoms with Gasteiger partial charge >= 0.3 is 129 Å². The van der Waals surface area contributed by atoms with Crippen LogP contribution in [0.4, 0.5) is 0 Å². The molecule has 28 heavy (non-hydrogen) atoms. The van der Waals surface area contributed by atoms with Crippen molar-refractivity contribution in [2.45, 2.75) is 64.4 Å². The van der Waals surface area contributed by atoms with Gasteiger partial charge in [-0.15, -0.1) is 0 Å². The van der Waals surface area contributed by atoms with Crippen molar-refractivity contribution in [3.8, 4) is 0 Å². The van der Waals surface area contributed by atoms with Crippen molar-refractivity contribution in [1.29, 1.82) is 0 Å². The van der Waals surface area contributed by atoms with Crippen LogP contribution in [0.5, 0.6) is 0 Å². The quantitative estimate of drug-likeness (QED) is 0.0626. The fourth-order valence-corrected chi connectivity index (χ4v) is 3.64. The fraction of sp³-hybridized carbons (Fsp3) is 0.944. The summed E-state index contributed by atoms with van der Waals surface area (Å²) in [6, 6.07) is 0. The van der Waals surface area contributed by atoms with Crippen molar-refractivity contribution < 1.29 is 57.3 Å². The van der Waals surface area contributed by atoms with Crippen molar-refractivity contribution >= 4 is 13.8 Å². The second-order valence-electron chi connectivity index (χ2n) is 7.24. The molecular formula is C18H39INO7P. The van der Waals surface area contributed by atoms with Crippen LogP contribution < -0.4 is 21.5 Å². The third-order valence-electron chi connectivity index (χ3n) is 4.19. The Morgan fingerprint density at radius 1 is 1.07 bits per heavy atom. The first kappa shape index (κ1) is 28.2. The number of carbonyl (C=O) groups excluding carboxylic acids is 1. The Hall–Kier alpha value is 0.230. The number of hydrogen-bond donors (Lipinski definition) is 2. The Kier molecular flexibility index (Phi) is 16.1. The summed E-state index contributed by atoms with van der Waals surface area (Å²) in [5.41, 5.74) is 0. The van der Waals surface area contributed by atoms with Crippen LogP contribution in [-0.4, -0.2) is 70.2 Å². The molecular weight excluding hydrogens is 500 g/mol. The number of phosphoric acid groups is 1. The van der Waals surface area contributed by atoms with Crippen molar-refractivity contribution in [3.63, 3.8) is 0 Å². The van der Waals surface area contributed by atoms with Crippen LogP contribution in [-0.2, 0) is 23.1 Å². The van der Waals surface area contributed by atoms with E-state index in [0.29, 0.717) is 13.0 Å². The topological polar surface area (TPSA) is 102 Å². The Morgan fingerprint density at radius 2 is 1.68 bits per heavy atom. The van der Waals surface area contributed by atoms with Gasteiger partial charge < -0.3 is 0 Å². The summed E-state index contributed by atoms with van der Waals surface area (Å²) in [4.78, 5) is 23.4. The summed E-state index contributed by atoms with van der Waals surface area (Å²) in [6.45, 7) is 2.18. The number of hydrogen-bond acceptors (Lipinski definition) is 6. The van der Waals surface area contributed by atoms with Gasteiger partial charge in [-0.3, -0.25) is 0 Å². The number of esters is 1. The predicted molar refractivity (Wildman–Crippen MR) is 104 cm³/mol. The summed E-state index contributed by atoms with van der Waals surface area (Å²) < 4.78 is 27.2. The Labute approximate surface area is 180 Å². The number of rotatable bonds is 18. The second kappa shape index (κ2) is 16.0. The van der Waals surface area contributed by atoms with E-state index in [9.17, 15) is 19.4 Å². The Morgan fingerprint density at radius 3 is 2.29 bits per heavy atom. The van der Waals surface area contributed by atoms with Gasteiger partial charge in [0.2, 0.25) is 0 Å². The molecule has 170 valence electrons. The number of quaternary nitrogens is 1. The summed E-state index contributed by atoms with van der Waals surface area (Å²) >= 11 is -0.0721. The van der Waals surface area contributed by atoms with Gasteiger partial charge in [0.25, 0.3) is 0 Å². The number of likely N-dealkylation sites (N-methyl/N-ethyl adjacent to an activating group) is 1. The van der Waals surface area contributed by atoms with Crippen molar-refractivity contribution in [3.05, 3.63) is 0 Å². The van der Waals surface area contributed by atoms with Crippen LogP contribution in [0.25, 0.3) is 0 Å². The first-order valence-corrected chi connectivity index (χ1v) is 14.5. The standard InChI is InChI=1S/C18H39INO7P/c1-5-6-7-8-9-10-11-12-18(22)25-15-17(21)16-27-28(23,24)26-14-13-20(3,4)19-2/h17,21H,5-16H2,1-4H3,(H,23,24)/t17-/m1/s1. The Bertz CT molecular complexity index is 465. The molecule has 0 radical (unpaired) electrons. The number of carbonyl (C=O) groups is 1. The number of ether oxygens (including phenoxy) is 1. The zero-order valence-electron chi connectivity index (χ0n) is 17.8. The first-order valence-electron chi connectivity index (χ1n) is 9.92. The third-order valence-corrected chi connectivity index (χ3v) is 8.26. The van der Waals surface area contributed by atoms with Crippen molar-refractivity contribution in [2.24, 2.45) is 0 Å². The van der Waals surface area contributed by atoms with Crippen LogP contribution in [0.1, 0.15) is 58.3 Å². The normalized spacial score (nSPS) is 15.4. The third kappa shape index (κ3) is 17.1. The second-order valence-corrected chi connectivity index (χ2v) is 12.3. The molecule has 0 aliphatic heterocycles. The van der Waals surface area contributed by atoms with Gasteiger partial charge in [0.05, 0.1) is 0 Å². The van der Waals surface area contributed by atoms with E-state index in [0.717, 1.165) is 22.0 Å². The van der Waals surface area contributed by atoms with Crippen LogP contribution in [0.3, 0.4) is 0 Å². The van der Waals surface area contributed by atoms with Crippen LogP contribution in [0.15, 0.2) is 0 Å². The molecule has 0 fully saturated rings. The van der Waals surface area contributed by atoms with Crippen molar-refractivity contribution in [2.75, 3.05) is 45.4 Å². The molecule has 8 nitrogen and oxygen atoms in total. The molecule has 0 amide bonds. The molecule has 0 aliphatic rings. The van der Waals surface area contributed by atoms with E-state index < -0.39 is 20.5 Å². The number of aliphatic hydroxyl groups is 1. The minimum atomic E-state index is -4.22. The molecule has 2 atom stereocenters. The average Bonchev–Trinajstić information content (AvgIpc) is 2.63. The molecule has 2 N–H and O–H groups in total. The van der Waals surface area contributed by atoms with E-state index in [1.165, 1.54) is 25.7 Å². The van der Waals surface area contributed by atoms with Crippen LogP contribution in [0.2, 0.25) is 0 Å². The zero-order valence-corrected chi connectivity index (χ0v) is 20.8. The molecule has 0 aromatic heterocycles. The fourth-order valence-electron chi connectivity index (χ4n) is 2.21. The SMILES string of the molecule is CCCCCCCCCC(=O)OC[C@@H](O)COP(=O)(O)OCC[N+](C)(C)[I-]C. The van der Waals surface area contributed by atoms with E-state index in [-0.39, 0.29) is 40.7 Å². The van der Waals surface area contributed by atoms with Gasteiger partial charge in [0.15, 0.2) is 0 Å². The van der Waals surface area contributed by atoms with Gasteiger partial charge in [-0.05, 0) is 6.42 Å². The molecule has 0 aromatic carbocycles. The van der Waals surface area contributed by atoms with E-state index in [4.69, 9.17) is 13.8 Å². The molecule has 0 spiro atoms. The van der Waals surface area contributed by atoms with Gasteiger partial charge in [-0.1, -0.05) is 45.4 Å². The Balaban J connectivity index is 3.80. The number of halogens is 1. The molecule has 0 heterocycles. The number of unbranched alkanes of at least 4 members (excludes halogenated alkanes) is 6. The molecule has 10 heteroatoms. The van der Waals surface area contributed by atoms with Gasteiger partial charge in [-0.25, -0.2) is 0 Å². The number of alkyl halides is 1. The summed E-state index contributed by atoms with van der Waals surface area (Å²) in [6.07, 6.45) is 6.93. The van der Waals surface area contributed by atoms with Crippen LogP contribution in [0, 0.1) is 0 Å². The zero-order chi connectivity index (χ0) is 21.5. The summed E-state index contributed by atoms with van der Waals surface area (Å²) in [7, 11) is -0.158. The summed E-state index contributed by atoms with van der Waals surface area (Å²) in [5, 5.41) is 9.76. The molecule has 0 saturated carbocycles. The van der Waals surface area contributed by atoms with Crippen molar-refractivity contribution in [1.82, 2.24) is 0 Å². The summed E-state index contributed by atoms with van der Waals surface area (Å²) in [5.74, 6) is -0.376. The van der Waals surface area contributed by atoms with Gasteiger partial charge in [0, 0.05) is 0 Å². The van der Waals surface area contributed by atoms with E-state index >= 15 is 0 Å². The number of aliphatic hydroxyl groups excluding tert-OH is 1. The van der Waals surface area contributed by atoms with Crippen LogP contribution >= 0.6 is 7.82 Å². The first-order chi connectivity index (χ1) is 13.1. The number of nitrogens with zero attached hydrogens (tertiary/aromatic N) is 1. The van der Waals surface area contributed by atoms with E-state index in [1.54, 1.807) is 0 Å². The monoisotopic (exact) mass is 539 g/mol. The minimum absolute atomic E-state index is 0.0721. The van der Waals surface area contributed by atoms with E-state index in [1.807, 2.05) is 14.1 Å². The molecule has 0 aliphatic carbocycles. The molecule has 0 aromatic rings. The van der Waals surface area contributed by atoms with Gasteiger partial charge in [0.1, 0.15) is 0 Å². The average molecular weight is 539 g/mol. The molecule has 0 bridgehead atoms. The maximum absolute atomic E-state index is 11.8. The number of phosphoric ester groups is 1. The maximum atomic E-state index is 11.8. The predicted octanol–water partition coefficient (Wildman–Crippen LogP) is -0.125. The molecule has 0 saturated heterocycles. The van der Waals surface area contributed by atoms with E-state index in [2.05, 4.69) is 11.9 Å².